The fourth-order valence-corrected chi connectivity index (χ4v) is 2.01. The number of nitrogens with two attached hydrogens (primary N) is 1. The van der Waals surface area contributed by atoms with E-state index < -0.39 is 0 Å². The lowest BCUT2D eigenvalue weighted by atomic mass is 10.00. The minimum Gasteiger partial charge on any atom is -0.369 e. The van der Waals surface area contributed by atoms with Crippen LogP contribution in [0.5, 0.6) is 0 Å². The number of imidazole rings is 1. The summed E-state index contributed by atoms with van der Waals surface area (Å²) < 4.78 is 1.86. The van der Waals surface area contributed by atoms with Crippen molar-refractivity contribution in [1.82, 2.24) is 9.55 Å². The zero-order chi connectivity index (χ0) is 13.1. The van der Waals surface area contributed by atoms with E-state index in [4.69, 9.17) is 5.73 Å². The molecule has 1 aromatic heterocycles. The van der Waals surface area contributed by atoms with E-state index in [2.05, 4.69) is 43.1 Å². The van der Waals surface area contributed by atoms with Crippen LogP contribution in [-0.2, 0) is 19.9 Å². The summed E-state index contributed by atoms with van der Waals surface area (Å²) in [6, 6.07) is 8.85. The lowest BCUT2D eigenvalue weighted by molar-refractivity contribution is 0.861. The Morgan fingerprint density at radius 2 is 1.83 bits per heavy atom. The second-order valence-corrected chi connectivity index (χ2v) is 5.10. The highest BCUT2D eigenvalue weighted by atomic mass is 15.1. The van der Waals surface area contributed by atoms with E-state index in [-0.39, 0.29) is 0 Å². The maximum atomic E-state index is 5.71. The Kier molecular flexibility index (Phi) is 3.70. The number of anilines is 1. The molecule has 18 heavy (non-hydrogen) atoms. The van der Waals surface area contributed by atoms with E-state index in [9.17, 15) is 0 Å². The van der Waals surface area contributed by atoms with Crippen molar-refractivity contribution in [2.75, 3.05) is 5.73 Å². The molecule has 3 heteroatoms. The number of aromatic nitrogens is 2. The number of rotatable bonds is 4. The highest BCUT2D eigenvalue weighted by molar-refractivity contribution is 5.26. The summed E-state index contributed by atoms with van der Waals surface area (Å²) in [4.78, 5) is 4.31. The van der Waals surface area contributed by atoms with Crippen LogP contribution in [0.15, 0.2) is 30.5 Å². The topological polar surface area (TPSA) is 43.8 Å². The van der Waals surface area contributed by atoms with Crippen molar-refractivity contribution in [2.24, 2.45) is 7.05 Å². The number of nitrogens with zero attached hydrogens (tertiary/aromatic N) is 2. The summed E-state index contributed by atoms with van der Waals surface area (Å²) in [5.41, 5.74) is 9.51. The molecule has 0 bridgehead atoms. The van der Waals surface area contributed by atoms with Crippen molar-refractivity contribution < 1.29 is 0 Å². The molecule has 96 valence electrons. The second-order valence-electron chi connectivity index (χ2n) is 5.10. The van der Waals surface area contributed by atoms with Crippen LogP contribution in [-0.4, -0.2) is 9.55 Å². The quantitative estimate of drug-likeness (QED) is 0.897. The molecular formula is C15H21N3. The number of benzene rings is 1. The number of aryl methyl sites for hydroxylation is 3. The van der Waals surface area contributed by atoms with E-state index >= 15 is 0 Å². The van der Waals surface area contributed by atoms with Crippen molar-refractivity contribution >= 4 is 5.95 Å². The third-order valence-corrected chi connectivity index (χ3v) is 3.28. The van der Waals surface area contributed by atoms with Gasteiger partial charge in [0.1, 0.15) is 0 Å². The van der Waals surface area contributed by atoms with E-state index in [0.717, 1.165) is 18.5 Å². The van der Waals surface area contributed by atoms with Crippen LogP contribution in [0.1, 0.15) is 36.6 Å². The van der Waals surface area contributed by atoms with Crippen molar-refractivity contribution in [3.8, 4) is 0 Å². The van der Waals surface area contributed by atoms with E-state index in [1.807, 2.05) is 17.8 Å². The average Bonchev–Trinajstić information content (AvgIpc) is 2.67. The van der Waals surface area contributed by atoms with Crippen molar-refractivity contribution in [1.29, 1.82) is 0 Å². The molecule has 0 unspecified atom stereocenters. The van der Waals surface area contributed by atoms with Crippen molar-refractivity contribution in [3.05, 3.63) is 47.3 Å². The van der Waals surface area contributed by atoms with Gasteiger partial charge in [0.2, 0.25) is 0 Å². The van der Waals surface area contributed by atoms with Gasteiger partial charge in [0.15, 0.2) is 5.95 Å². The molecule has 0 aliphatic heterocycles. The van der Waals surface area contributed by atoms with Gasteiger partial charge in [0.05, 0.1) is 5.69 Å². The molecule has 2 aromatic rings. The molecule has 0 atom stereocenters. The van der Waals surface area contributed by atoms with Gasteiger partial charge in [-0.2, -0.15) is 0 Å². The fraction of sp³-hybridized carbons (Fsp3) is 0.400. The fourth-order valence-electron chi connectivity index (χ4n) is 2.01. The van der Waals surface area contributed by atoms with Crippen molar-refractivity contribution in [2.45, 2.75) is 32.6 Å². The molecule has 1 aromatic carbocycles. The molecule has 1 heterocycles. The van der Waals surface area contributed by atoms with Crippen LogP contribution >= 0.6 is 0 Å². The molecule has 3 nitrogen and oxygen atoms in total. The van der Waals surface area contributed by atoms with Crippen LogP contribution < -0.4 is 5.73 Å². The number of nitrogen functional groups attached to an aromatic ring is 1. The summed E-state index contributed by atoms with van der Waals surface area (Å²) in [6.45, 7) is 4.43. The first-order chi connectivity index (χ1) is 8.56. The maximum absolute atomic E-state index is 5.71. The zero-order valence-electron chi connectivity index (χ0n) is 11.4. The molecule has 2 rings (SSSR count). The standard InChI is InChI=1S/C15H21N3/c1-11(2)13-7-4-12(5-8-13)6-9-14-10-18(3)15(16)17-14/h4-5,7-8,10-11H,6,9H2,1-3H3,(H2,16,17). The Morgan fingerprint density at radius 3 is 2.33 bits per heavy atom. The summed E-state index contributed by atoms with van der Waals surface area (Å²) in [6.07, 6.45) is 3.94. The van der Waals surface area contributed by atoms with Gasteiger partial charge in [-0.25, -0.2) is 4.98 Å². The van der Waals surface area contributed by atoms with Crippen LogP contribution in [0.25, 0.3) is 0 Å². The summed E-state index contributed by atoms with van der Waals surface area (Å²) in [7, 11) is 1.92. The molecule has 0 aliphatic carbocycles. The van der Waals surface area contributed by atoms with Crippen LogP contribution in [0.4, 0.5) is 5.95 Å². The first-order valence-corrected chi connectivity index (χ1v) is 6.43. The van der Waals surface area contributed by atoms with Crippen LogP contribution in [0, 0.1) is 0 Å². The SMILES string of the molecule is CC(C)c1ccc(CCc2cn(C)c(N)n2)cc1. The molecule has 0 saturated carbocycles. The Bertz CT molecular complexity index is 490. The molecule has 0 radical (unpaired) electrons. The third-order valence-electron chi connectivity index (χ3n) is 3.28. The van der Waals surface area contributed by atoms with Gasteiger partial charge in [0, 0.05) is 13.2 Å². The Balaban J connectivity index is 1.97. The molecule has 0 saturated heterocycles. The molecule has 0 fully saturated rings. The van der Waals surface area contributed by atoms with Gasteiger partial charge in [0.25, 0.3) is 0 Å². The normalized spacial score (nSPS) is 11.1. The maximum Gasteiger partial charge on any atom is 0.200 e. The molecular weight excluding hydrogens is 222 g/mol. The zero-order valence-corrected chi connectivity index (χ0v) is 11.4. The smallest absolute Gasteiger partial charge is 0.200 e. The van der Waals surface area contributed by atoms with Gasteiger partial charge in [-0.1, -0.05) is 38.1 Å². The minimum atomic E-state index is 0.583. The van der Waals surface area contributed by atoms with Gasteiger partial charge in [-0.05, 0) is 29.9 Å². The van der Waals surface area contributed by atoms with Gasteiger partial charge >= 0.3 is 0 Å². The molecule has 2 N–H and O–H groups in total. The van der Waals surface area contributed by atoms with Crippen LogP contribution in [0.2, 0.25) is 0 Å². The lowest BCUT2D eigenvalue weighted by Crippen LogP contribution is -1.95. The first kappa shape index (κ1) is 12.7. The predicted octanol–water partition coefficient (Wildman–Crippen LogP) is 2.91. The molecule has 0 aliphatic rings. The molecule has 0 spiro atoms. The van der Waals surface area contributed by atoms with E-state index in [0.29, 0.717) is 11.9 Å². The molecule has 0 amide bonds. The Morgan fingerprint density at radius 1 is 1.17 bits per heavy atom. The van der Waals surface area contributed by atoms with E-state index in [1.54, 1.807) is 0 Å². The second kappa shape index (κ2) is 5.25. The highest BCUT2D eigenvalue weighted by Gasteiger charge is 2.03. The number of hydrogen-bond acceptors (Lipinski definition) is 2. The van der Waals surface area contributed by atoms with Gasteiger partial charge < -0.3 is 10.3 Å². The third kappa shape index (κ3) is 2.92. The minimum absolute atomic E-state index is 0.583. The average molecular weight is 243 g/mol. The lowest BCUT2D eigenvalue weighted by Gasteiger charge is -2.06. The van der Waals surface area contributed by atoms with Crippen LogP contribution in [0.3, 0.4) is 0 Å². The number of hydrogen-bond donors (Lipinski definition) is 1. The van der Waals surface area contributed by atoms with Crippen molar-refractivity contribution in [3.63, 3.8) is 0 Å². The first-order valence-electron chi connectivity index (χ1n) is 6.43. The highest BCUT2D eigenvalue weighted by Crippen LogP contribution is 2.15. The largest absolute Gasteiger partial charge is 0.369 e. The summed E-state index contributed by atoms with van der Waals surface area (Å²) in [5.74, 6) is 1.18. The summed E-state index contributed by atoms with van der Waals surface area (Å²) in [5, 5.41) is 0. The van der Waals surface area contributed by atoms with E-state index in [1.165, 1.54) is 11.1 Å². The Labute approximate surface area is 109 Å². The summed E-state index contributed by atoms with van der Waals surface area (Å²) >= 11 is 0. The Hall–Kier alpha value is -1.77. The predicted molar refractivity (Wildman–Crippen MR) is 75.6 cm³/mol. The monoisotopic (exact) mass is 243 g/mol. The van der Waals surface area contributed by atoms with Gasteiger partial charge in [-0.3, -0.25) is 0 Å². The van der Waals surface area contributed by atoms with Gasteiger partial charge in [-0.15, -0.1) is 0 Å².